The molecule has 1 rings (SSSR count). The summed E-state index contributed by atoms with van der Waals surface area (Å²) >= 11 is 17.9. The van der Waals surface area contributed by atoms with Gasteiger partial charge in [-0.3, -0.25) is 4.79 Å². The van der Waals surface area contributed by atoms with Gasteiger partial charge in [-0.1, -0.05) is 34.8 Å². The third-order valence-corrected chi connectivity index (χ3v) is 3.41. The van der Waals surface area contributed by atoms with Crippen LogP contribution in [0.5, 0.6) is 0 Å². The van der Waals surface area contributed by atoms with Crippen LogP contribution < -0.4 is 5.32 Å². The molecule has 0 spiro atoms. The maximum atomic E-state index is 11.3. The van der Waals surface area contributed by atoms with E-state index in [1.54, 1.807) is 26.2 Å². The number of nitrogens with zero attached hydrogens (tertiary/aromatic N) is 1. The zero-order valence-corrected chi connectivity index (χ0v) is 11.8. The van der Waals surface area contributed by atoms with Gasteiger partial charge in [-0.2, -0.15) is 0 Å². The number of rotatable bonds is 4. The first-order chi connectivity index (χ1) is 7.93. The largest absolute Gasteiger partial charge is 0.348 e. The van der Waals surface area contributed by atoms with Crippen LogP contribution in [0, 0.1) is 0 Å². The van der Waals surface area contributed by atoms with Crippen LogP contribution in [0.4, 0.5) is 0 Å². The molecule has 0 saturated heterocycles. The van der Waals surface area contributed by atoms with Crippen LogP contribution in [0.25, 0.3) is 0 Å². The Morgan fingerprint density at radius 2 is 1.82 bits per heavy atom. The van der Waals surface area contributed by atoms with Crippen molar-refractivity contribution in [2.45, 2.75) is 6.54 Å². The Morgan fingerprint density at radius 3 is 2.41 bits per heavy atom. The van der Waals surface area contributed by atoms with Gasteiger partial charge < -0.3 is 10.2 Å². The van der Waals surface area contributed by atoms with Crippen molar-refractivity contribution in [3.63, 3.8) is 0 Å². The summed E-state index contributed by atoms with van der Waals surface area (Å²) in [5, 5.41) is 4.38. The minimum absolute atomic E-state index is 0.0146. The van der Waals surface area contributed by atoms with Gasteiger partial charge in [0.15, 0.2) is 0 Å². The quantitative estimate of drug-likeness (QED) is 0.866. The van der Waals surface area contributed by atoms with Gasteiger partial charge in [0.2, 0.25) is 5.91 Å². The molecule has 0 saturated carbocycles. The summed E-state index contributed by atoms with van der Waals surface area (Å²) in [6.45, 7) is 0.629. The molecule has 0 bridgehead atoms. The number of carbonyl (C=O) groups excluding carboxylic acids is 1. The first-order valence-electron chi connectivity index (χ1n) is 4.96. The number of hydrogen-bond acceptors (Lipinski definition) is 2. The van der Waals surface area contributed by atoms with E-state index in [-0.39, 0.29) is 12.5 Å². The summed E-state index contributed by atoms with van der Waals surface area (Å²) in [6.07, 6.45) is 0. The molecule has 1 aromatic carbocycles. The third kappa shape index (κ3) is 4.03. The molecule has 0 aliphatic carbocycles. The molecule has 0 fully saturated rings. The molecule has 0 heterocycles. The van der Waals surface area contributed by atoms with Crippen molar-refractivity contribution in [3.8, 4) is 0 Å². The molecule has 0 aliphatic heterocycles. The normalized spacial score (nSPS) is 10.4. The number of halogens is 3. The van der Waals surface area contributed by atoms with Gasteiger partial charge >= 0.3 is 0 Å². The van der Waals surface area contributed by atoms with Crippen molar-refractivity contribution in [3.05, 3.63) is 32.8 Å². The van der Waals surface area contributed by atoms with Gasteiger partial charge in [0, 0.05) is 31.2 Å². The number of carbonyl (C=O) groups is 1. The smallest absolute Gasteiger partial charge is 0.236 e. The van der Waals surface area contributed by atoms with E-state index in [2.05, 4.69) is 5.32 Å². The first-order valence-corrected chi connectivity index (χ1v) is 6.10. The molecule has 1 aromatic rings. The van der Waals surface area contributed by atoms with Crippen LogP contribution in [0.2, 0.25) is 15.1 Å². The monoisotopic (exact) mass is 294 g/mol. The molecule has 0 atom stereocenters. The lowest BCUT2D eigenvalue weighted by Crippen LogP contribution is -2.32. The fourth-order valence-electron chi connectivity index (χ4n) is 1.18. The SMILES string of the molecule is CN(C)C(=O)CNCc1c(Cl)ccc(Cl)c1Cl. The topological polar surface area (TPSA) is 32.3 Å². The van der Waals surface area contributed by atoms with Crippen molar-refractivity contribution >= 4 is 40.7 Å². The van der Waals surface area contributed by atoms with Gasteiger partial charge in [-0.05, 0) is 12.1 Å². The minimum atomic E-state index is -0.0146. The zero-order valence-electron chi connectivity index (χ0n) is 9.56. The molecule has 6 heteroatoms. The van der Waals surface area contributed by atoms with Crippen LogP contribution in [0.1, 0.15) is 5.56 Å². The van der Waals surface area contributed by atoms with Gasteiger partial charge in [0.25, 0.3) is 0 Å². The summed E-state index contributed by atoms with van der Waals surface area (Å²) in [4.78, 5) is 12.8. The number of nitrogens with one attached hydrogen (secondary N) is 1. The number of likely N-dealkylation sites (N-methyl/N-ethyl adjacent to an activating group) is 1. The van der Waals surface area contributed by atoms with Gasteiger partial charge in [-0.15, -0.1) is 0 Å². The fraction of sp³-hybridized carbons (Fsp3) is 0.364. The second kappa shape index (κ2) is 6.45. The van der Waals surface area contributed by atoms with Crippen LogP contribution in [0.3, 0.4) is 0 Å². The Bertz CT molecular complexity index is 421. The maximum absolute atomic E-state index is 11.3. The summed E-state index contributed by atoms with van der Waals surface area (Å²) in [5.41, 5.74) is 0.701. The lowest BCUT2D eigenvalue weighted by molar-refractivity contribution is -0.127. The van der Waals surface area contributed by atoms with Crippen LogP contribution in [0.15, 0.2) is 12.1 Å². The van der Waals surface area contributed by atoms with Gasteiger partial charge in [-0.25, -0.2) is 0 Å². The lowest BCUT2D eigenvalue weighted by atomic mass is 10.2. The van der Waals surface area contributed by atoms with Crippen molar-refractivity contribution < 1.29 is 4.79 Å². The molecule has 1 amide bonds. The number of hydrogen-bond donors (Lipinski definition) is 1. The van der Waals surface area contributed by atoms with E-state index in [9.17, 15) is 4.79 Å². The van der Waals surface area contributed by atoms with Gasteiger partial charge in [0.05, 0.1) is 16.6 Å². The molecule has 17 heavy (non-hydrogen) atoms. The zero-order chi connectivity index (χ0) is 13.0. The highest BCUT2D eigenvalue weighted by atomic mass is 35.5. The Balaban J connectivity index is 2.64. The Kier molecular flexibility index (Phi) is 5.53. The van der Waals surface area contributed by atoms with Crippen LogP contribution in [-0.2, 0) is 11.3 Å². The molecule has 0 unspecified atom stereocenters. The summed E-state index contributed by atoms with van der Waals surface area (Å²) < 4.78 is 0. The Morgan fingerprint density at radius 1 is 1.24 bits per heavy atom. The lowest BCUT2D eigenvalue weighted by Gasteiger charge is -2.12. The predicted molar refractivity (Wildman–Crippen MR) is 71.9 cm³/mol. The molecular weight excluding hydrogens is 282 g/mol. The minimum Gasteiger partial charge on any atom is -0.348 e. The number of benzene rings is 1. The molecule has 0 aromatic heterocycles. The first kappa shape index (κ1) is 14.6. The number of amides is 1. The van der Waals surface area contributed by atoms with E-state index in [1.165, 1.54) is 4.90 Å². The molecule has 94 valence electrons. The molecular formula is C11H13Cl3N2O. The standard InChI is InChI=1S/C11H13Cl3N2O/c1-16(2)10(17)6-15-5-7-8(12)3-4-9(13)11(7)14/h3-4,15H,5-6H2,1-2H3. The highest BCUT2D eigenvalue weighted by Crippen LogP contribution is 2.31. The second-order valence-corrected chi connectivity index (χ2v) is 4.91. The van der Waals surface area contributed by atoms with E-state index in [4.69, 9.17) is 34.8 Å². The average Bonchev–Trinajstić information content (AvgIpc) is 2.28. The summed E-state index contributed by atoms with van der Waals surface area (Å²) in [5.74, 6) is -0.0146. The van der Waals surface area contributed by atoms with Crippen molar-refractivity contribution in [1.82, 2.24) is 10.2 Å². The second-order valence-electron chi connectivity index (χ2n) is 3.71. The molecule has 1 N–H and O–H groups in total. The Labute approximate surface area is 116 Å². The summed E-state index contributed by atoms with van der Waals surface area (Å²) in [6, 6.07) is 3.32. The van der Waals surface area contributed by atoms with Crippen molar-refractivity contribution in [2.75, 3.05) is 20.6 Å². The van der Waals surface area contributed by atoms with E-state index in [1.807, 2.05) is 0 Å². The van der Waals surface area contributed by atoms with Crippen molar-refractivity contribution in [2.24, 2.45) is 0 Å². The highest BCUT2D eigenvalue weighted by Gasteiger charge is 2.10. The molecule has 0 aliphatic rings. The van der Waals surface area contributed by atoms with Crippen molar-refractivity contribution in [1.29, 1.82) is 0 Å². The Hall–Kier alpha value is -0.480. The van der Waals surface area contributed by atoms with E-state index >= 15 is 0 Å². The molecule has 0 radical (unpaired) electrons. The molecule has 3 nitrogen and oxygen atoms in total. The van der Waals surface area contributed by atoms with Gasteiger partial charge in [0.1, 0.15) is 0 Å². The summed E-state index contributed by atoms with van der Waals surface area (Å²) in [7, 11) is 3.40. The van der Waals surface area contributed by atoms with Crippen LogP contribution in [-0.4, -0.2) is 31.4 Å². The average molecular weight is 296 g/mol. The van der Waals surface area contributed by atoms with E-state index < -0.39 is 0 Å². The maximum Gasteiger partial charge on any atom is 0.236 e. The van der Waals surface area contributed by atoms with E-state index in [0.717, 1.165) is 0 Å². The van der Waals surface area contributed by atoms with Crippen LogP contribution >= 0.6 is 34.8 Å². The third-order valence-electron chi connectivity index (χ3n) is 2.22. The highest BCUT2D eigenvalue weighted by molar-refractivity contribution is 6.44. The predicted octanol–water partition coefficient (Wildman–Crippen LogP) is 2.82. The fourth-order valence-corrected chi connectivity index (χ4v) is 1.86. The van der Waals surface area contributed by atoms with E-state index in [0.29, 0.717) is 27.2 Å².